The maximum absolute atomic E-state index is 13.4. The summed E-state index contributed by atoms with van der Waals surface area (Å²) in [5.41, 5.74) is 1.36. The monoisotopic (exact) mass is 334 g/mol. The van der Waals surface area contributed by atoms with Crippen LogP contribution in [-0.2, 0) is 16.1 Å². The van der Waals surface area contributed by atoms with Gasteiger partial charge in [0.15, 0.2) is 0 Å². The third-order valence-corrected chi connectivity index (χ3v) is 3.63. The van der Waals surface area contributed by atoms with Crippen molar-refractivity contribution in [3.63, 3.8) is 0 Å². The van der Waals surface area contributed by atoms with Crippen molar-refractivity contribution in [2.45, 2.75) is 18.8 Å². The van der Waals surface area contributed by atoms with Gasteiger partial charge in [0.25, 0.3) is 0 Å². The second-order valence-electron chi connectivity index (χ2n) is 5.41. The second-order valence-corrected chi connectivity index (χ2v) is 5.41. The Morgan fingerprint density at radius 2 is 2.08 bits per heavy atom. The number of aromatic nitrogens is 3. The van der Waals surface area contributed by atoms with Gasteiger partial charge in [0.1, 0.15) is 18.4 Å². The summed E-state index contributed by atoms with van der Waals surface area (Å²) in [4.78, 5) is 22.7. The number of hydrogen-bond acceptors (Lipinski definition) is 5. The van der Waals surface area contributed by atoms with E-state index in [-0.39, 0.29) is 31.2 Å². The van der Waals surface area contributed by atoms with E-state index >= 15 is 0 Å². The van der Waals surface area contributed by atoms with E-state index in [2.05, 4.69) is 15.6 Å². The number of carboxylic acids is 1. The van der Waals surface area contributed by atoms with Crippen LogP contribution in [0.5, 0.6) is 0 Å². The molecule has 1 amide bonds. The summed E-state index contributed by atoms with van der Waals surface area (Å²) in [6.07, 6.45) is 0.362. The lowest BCUT2D eigenvalue weighted by Gasteiger charge is -2.12. The number of alkyl halides is 1. The molecule has 126 valence electrons. The fraction of sp³-hybridized carbons (Fsp3) is 0.333. The lowest BCUT2D eigenvalue weighted by Crippen LogP contribution is -2.42. The molecular weight excluding hydrogens is 319 g/mol. The third-order valence-electron chi connectivity index (χ3n) is 3.63. The topological polar surface area (TPSA) is 106 Å². The largest absolute Gasteiger partial charge is 0.478 e. The first kappa shape index (κ1) is 16.1. The molecule has 3 rings (SSSR count). The fourth-order valence-electron chi connectivity index (χ4n) is 2.35. The lowest BCUT2D eigenvalue weighted by atomic mass is 10.1. The standard InChI is InChI=1S/C15H15FN4O4/c16-11-7-24-8-13(11)17-14(21)6-20-5-12(18-19-20)9-1-3-10(4-2-9)15(22)23/h1-5,11,13H,6-8H2,(H,17,21)(H,22,23)/t11-,13-/m1/s1. The number of aromatic carboxylic acids is 1. The summed E-state index contributed by atoms with van der Waals surface area (Å²) in [7, 11) is 0. The lowest BCUT2D eigenvalue weighted by molar-refractivity contribution is -0.122. The van der Waals surface area contributed by atoms with E-state index < -0.39 is 18.2 Å². The molecule has 0 saturated carbocycles. The minimum atomic E-state index is -1.20. The first-order chi connectivity index (χ1) is 11.5. The highest BCUT2D eigenvalue weighted by molar-refractivity contribution is 5.88. The molecule has 8 nitrogen and oxygen atoms in total. The van der Waals surface area contributed by atoms with Gasteiger partial charge in [-0.1, -0.05) is 17.3 Å². The summed E-state index contributed by atoms with van der Waals surface area (Å²) in [6, 6.07) is 5.52. The molecule has 0 aliphatic carbocycles. The number of ether oxygens (including phenoxy) is 1. The van der Waals surface area contributed by atoms with E-state index in [1.807, 2.05) is 0 Å². The van der Waals surface area contributed by atoms with Gasteiger partial charge < -0.3 is 15.2 Å². The maximum Gasteiger partial charge on any atom is 0.335 e. The molecule has 9 heteroatoms. The van der Waals surface area contributed by atoms with Crippen LogP contribution in [0.25, 0.3) is 11.3 Å². The van der Waals surface area contributed by atoms with Crippen LogP contribution in [0.3, 0.4) is 0 Å². The molecule has 1 saturated heterocycles. The minimum Gasteiger partial charge on any atom is -0.478 e. The van der Waals surface area contributed by atoms with Crippen molar-refractivity contribution in [3.05, 3.63) is 36.0 Å². The normalized spacial score (nSPS) is 20.0. The molecule has 2 N–H and O–H groups in total. The molecular formula is C15H15FN4O4. The predicted octanol–water partition coefficient (Wildman–Crippen LogP) is 0.496. The van der Waals surface area contributed by atoms with Crippen molar-refractivity contribution in [2.75, 3.05) is 13.2 Å². The molecule has 1 aliphatic heterocycles. The SMILES string of the molecule is O=C(Cn1cc(-c2ccc(C(=O)O)cc2)nn1)N[C@@H]1COC[C@H]1F. The molecule has 1 fully saturated rings. The number of amides is 1. The number of nitrogens with one attached hydrogen (secondary N) is 1. The van der Waals surface area contributed by atoms with Crippen molar-refractivity contribution in [1.82, 2.24) is 20.3 Å². The molecule has 2 heterocycles. The van der Waals surface area contributed by atoms with Gasteiger partial charge in [-0.3, -0.25) is 4.79 Å². The molecule has 1 aromatic heterocycles. The molecule has 0 radical (unpaired) electrons. The van der Waals surface area contributed by atoms with Gasteiger partial charge in [-0.25, -0.2) is 13.9 Å². The average Bonchev–Trinajstić information content (AvgIpc) is 3.17. The van der Waals surface area contributed by atoms with E-state index in [9.17, 15) is 14.0 Å². The number of nitrogens with zero attached hydrogens (tertiary/aromatic N) is 3. The summed E-state index contributed by atoms with van der Waals surface area (Å²) >= 11 is 0. The molecule has 0 unspecified atom stereocenters. The number of benzene rings is 1. The third kappa shape index (κ3) is 3.57. The number of hydrogen-bond donors (Lipinski definition) is 2. The molecule has 2 atom stereocenters. The molecule has 0 bridgehead atoms. The van der Waals surface area contributed by atoms with Gasteiger partial charge in [0.2, 0.25) is 5.91 Å². The zero-order valence-electron chi connectivity index (χ0n) is 12.6. The van der Waals surface area contributed by atoms with Crippen molar-refractivity contribution < 1.29 is 23.8 Å². The van der Waals surface area contributed by atoms with Crippen LogP contribution in [0, 0.1) is 0 Å². The predicted molar refractivity (Wildman–Crippen MR) is 80.1 cm³/mol. The number of carbonyl (C=O) groups excluding carboxylic acids is 1. The van der Waals surface area contributed by atoms with Crippen molar-refractivity contribution >= 4 is 11.9 Å². The zero-order chi connectivity index (χ0) is 17.1. The van der Waals surface area contributed by atoms with E-state index in [1.165, 1.54) is 16.8 Å². The van der Waals surface area contributed by atoms with Crippen LogP contribution >= 0.6 is 0 Å². The Morgan fingerprint density at radius 3 is 2.71 bits per heavy atom. The Labute approximate surface area is 136 Å². The Morgan fingerprint density at radius 1 is 1.33 bits per heavy atom. The number of rotatable bonds is 5. The Bertz CT molecular complexity index is 746. The van der Waals surface area contributed by atoms with Gasteiger partial charge >= 0.3 is 5.97 Å². The van der Waals surface area contributed by atoms with Crippen molar-refractivity contribution in [3.8, 4) is 11.3 Å². The number of halogens is 1. The van der Waals surface area contributed by atoms with Gasteiger partial charge in [-0.2, -0.15) is 0 Å². The Kier molecular flexibility index (Phi) is 4.52. The number of carboxylic acid groups (broad SMARTS) is 1. The van der Waals surface area contributed by atoms with Crippen LogP contribution in [-0.4, -0.2) is 57.4 Å². The van der Waals surface area contributed by atoms with Gasteiger partial charge in [-0.15, -0.1) is 5.10 Å². The summed E-state index contributed by atoms with van der Waals surface area (Å²) in [5, 5.41) is 19.2. The highest BCUT2D eigenvalue weighted by atomic mass is 19.1. The molecule has 0 spiro atoms. The van der Waals surface area contributed by atoms with Crippen LogP contribution in [0.2, 0.25) is 0 Å². The Hall–Kier alpha value is -2.81. The van der Waals surface area contributed by atoms with Gasteiger partial charge in [0, 0.05) is 5.56 Å². The molecule has 1 aliphatic rings. The molecule has 2 aromatic rings. The summed E-state index contributed by atoms with van der Waals surface area (Å²) in [5.74, 6) is -1.39. The summed E-state index contributed by atoms with van der Waals surface area (Å²) in [6.45, 7) is 0.0552. The Balaban J connectivity index is 1.62. The highest BCUT2D eigenvalue weighted by Gasteiger charge is 2.29. The smallest absolute Gasteiger partial charge is 0.335 e. The van der Waals surface area contributed by atoms with E-state index in [4.69, 9.17) is 9.84 Å². The minimum absolute atomic E-state index is 0.00917. The van der Waals surface area contributed by atoms with Crippen LogP contribution in [0.15, 0.2) is 30.5 Å². The van der Waals surface area contributed by atoms with E-state index in [0.717, 1.165) is 0 Å². The van der Waals surface area contributed by atoms with Crippen molar-refractivity contribution in [2.24, 2.45) is 0 Å². The quantitative estimate of drug-likeness (QED) is 0.824. The second kappa shape index (κ2) is 6.75. The van der Waals surface area contributed by atoms with Crippen molar-refractivity contribution in [1.29, 1.82) is 0 Å². The first-order valence-electron chi connectivity index (χ1n) is 7.28. The van der Waals surface area contributed by atoms with Crippen LogP contribution in [0.4, 0.5) is 4.39 Å². The highest BCUT2D eigenvalue weighted by Crippen LogP contribution is 2.17. The van der Waals surface area contributed by atoms with Gasteiger partial charge in [0.05, 0.1) is 31.0 Å². The zero-order valence-corrected chi connectivity index (χ0v) is 12.6. The molecule has 24 heavy (non-hydrogen) atoms. The fourth-order valence-corrected chi connectivity index (χ4v) is 2.35. The number of carbonyl (C=O) groups is 2. The van der Waals surface area contributed by atoms with Crippen LogP contribution in [0.1, 0.15) is 10.4 Å². The van der Waals surface area contributed by atoms with Gasteiger partial charge in [-0.05, 0) is 12.1 Å². The maximum atomic E-state index is 13.4. The molecule has 1 aromatic carbocycles. The van der Waals surface area contributed by atoms with Crippen LogP contribution < -0.4 is 5.32 Å². The summed E-state index contributed by atoms with van der Waals surface area (Å²) < 4.78 is 19.7. The first-order valence-corrected chi connectivity index (χ1v) is 7.28. The average molecular weight is 334 g/mol. The van der Waals surface area contributed by atoms with E-state index in [1.54, 1.807) is 18.3 Å². The van der Waals surface area contributed by atoms with E-state index in [0.29, 0.717) is 11.3 Å².